The summed E-state index contributed by atoms with van der Waals surface area (Å²) in [6, 6.07) is 0. The Labute approximate surface area is 201 Å². The molecule has 4 aliphatic rings. The topological polar surface area (TPSA) is 60.7 Å². The Morgan fingerprint density at radius 3 is 2.06 bits per heavy atom. The van der Waals surface area contributed by atoms with Crippen LogP contribution in [0.4, 0.5) is 26.3 Å². The lowest BCUT2D eigenvalue weighted by Gasteiger charge is -2.47. The van der Waals surface area contributed by atoms with Crippen LogP contribution in [0.15, 0.2) is 34.9 Å². The van der Waals surface area contributed by atoms with Crippen molar-refractivity contribution in [3.05, 3.63) is 34.9 Å². The van der Waals surface area contributed by atoms with E-state index >= 15 is 0 Å². The highest BCUT2D eigenvalue weighted by atomic mass is 19.4. The predicted molar refractivity (Wildman–Crippen MR) is 118 cm³/mol. The number of allylic oxidation sites excluding steroid dienone is 5. The van der Waals surface area contributed by atoms with Gasteiger partial charge in [0.25, 0.3) is 5.60 Å². The van der Waals surface area contributed by atoms with Gasteiger partial charge >= 0.3 is 12.4 Å². The van der Waals surface area contributed by atoms with Crippen molar-refractivity contribution in [1.82, 2.24) is 0 Å². The molecule has 35 heavy (non-hydrogen) atoms. The summed E-state index contributed by atoms with van der Waals surface area (Å²) in [5.74, 6) is -2.09. The summed E-state index contributed by atoms with van der Waals surface area (Å²) >= 11 is 0. The molecule has 198 valence electrons. The molecule has 4 aliphatic carbocycles. The molecule has 3 fully saturated rings. The SMILES string of the molecule is CC(C1(C2=CC[C@H]3/C(=C/C=C4C[C@@H](O)C[C@H](O)C4)CCC[C@]23C)CC1)C(O)(C(F)(F)F)C(F)(F)F. The minimum atomic E-state index is -5.83. The average Bonchev–Trinajstić information content (AvgIpc) is 3.44. The highest BCUT2D eigenvalue weighted by Gasteiger charge is 2.78. The van der Waals surface area contributed by atoms with Crippen LogP contribution in [0.25, 0.3) is 0 Å². The zero-order chi connectivity index (χ0) is 26.0. The van der Waals surface area contributed by atoms with Crippen molar-refractivity contribution in [2.24, 2.45) is 22.7 Å². The van der Waals surface area contributed by atoms with Crippen LogP contribution in [0.2, 0.25) is 0 Å². The molecule has 0 bridgehead atoms. The fourth-order valence-electron chi connectivity index (χ4n) is 7.24. The Morgan fingerprint density at radius 1 is 0.971 bits per heavy atom. The third-order valence-corrected chi connectivity index (χ3v) is 9.27. The Bertz CT molecular complexity index is 900. The van der Waals surface area contributed by atoms with Crippen molar-refractivity contribution in [2.75, 3.05) is 0 Å². The summed E-state index contributed by atoms with van der Waals surface area (Å²) < 4.78 is 82.1. The van der Waals surface area contributed by atoms with Gasteiger partial charge in [-0.2, -0.15) is 26.3 Å². The molecule has 3 N–H and O–H groups in total. The number of aliphatic hydroxyl groups is 3. The number of rotatable bonds is 4. The van der Waals surface area contributed by atoms with Gasteiger partial charge in [-0.1, -0.05) is 48.8 Å². The fourth-order valence-corrected chi connectivity index (χ4v) is 7.24. The molecule has 0 radical (unpaired) electrons. The van der Waals surface area contributed by atoms with Gasteiger partial charge in [0, 0.05) is 5.92 Å². The standard InChI is InChI=1S/C26H34F6O3/c1-15(24(35,25(27,28)29)26(30,31)32)23(10-11-23)21-8-7-20-17(4-3-9-22(20,21)2)6-5-16-12-18(33)14-19(34)13-16/h5-6,8,15,18-20,33-35H,3-4,7,9-14H2,1-2H3/b17-6+/t15?,18-,19-,20+,22+/m1/s1. The maximum Gasteiger partial charge on any atom is 0.426 e. The molecule has 0 aromatic heterocycles. The van der Waals surface area contributed by atoms with E-state index in [9.17, 15) is 41.7 Å². The molecular formula is C26H34F6O3. The van der Waals surface area contributed by atoms with Gasteiger partial charge < -0.3 is 15.3 Å². The van der Waals surface area contributed by atoms with Crippen molar-refractivity contribution >= 4 is 0 Å². The first-order chi connectivity index (χ1) is 16.1. The average molecular weight is 509 g/mol. The van der Waals surface area contributed by atoms with Crippen LogP contribution in [0.3, 0.4) is 0 Å². The van der Waals surface area contributed by atoms with E-state index in [-0.39, 0.29) is 18.8 Å². The molecule has 0 amide bonds. The lowest BCUT2D eigenvalue weighted by molar-refractivity contribution is -0.388. The summed E-state index contributed by atoms with van der Waals surface area (Å²) in [4.78, 5) is 0. The van der Waals surface area contributed by atoms with Gasteiger partial charge in [0.2, 0.25) is 0 Å². The second-order valence-electron chi connectivity index (χ2n) is 11.3. The van der Waals surface area contributed by atoms with Gasteiger partial charge in [-0.25, -0.2) is 0 Å². The summed E-state index contributed by atoms with van der Waals surface area (Å²) in [7, 11) is 0. The minimum absolute atomic E-state index is 0.0314. The Hall–Kier alpha value is -1.32. The van der Waals surface area contributed by atoms with Gasteiger partial charge in [-0.15, -0.1) is 0 Å². The quantitative estimate of drug-likeness (QED) is 0.315. The molecular weight excluding hydrogens is 474 g/mol. The van der Waals surface area contributed by atoms with Crippen molar-refractivity contribution in [3.63, 3.8) is 0 Å². The Morgan fingerprint density at radius 2 is 1.54 bits per heavy atom. The minimum Gasteiger partial charge on any atom is -0.393 e. The zero-order valence-corrected chi connectivity index (χ0v) is 20.0. The largest absolute Gasteiger partial charge is 0.426 e. The van der Waals surface area contributed by atoms with Gasteiger partial charge in [-0.3, -0.25) is 0 Å². The summed E-state index contributed by atoms with van der Waals surface area (Å²) in [6.07, 6.45) is -2.73. The van der Waals surface area contributed by atoms with E-state index in [1.165, 1.54) is 0 Å². The second-order valence-corrected chi connectivity index (χ2v) is 11.3. The van der Waals surface area contributed by atoms with Crippen LogP contribution in [0, 0.1) is 22.7 Å². The second kappa shape index (κ2) is 8.62. The van der Waals surface area contributed by atoms with E-state index in [1.54, 1.807) is 0 Å². The Kier molecular flexibility index (Phi) is 6.59. The van der Waals surface area contributed by atoms with Crippen LogP contribution >= 0.6 is 0 Å². The summed E-state index contributed by atoms with van der Waals surface area (Å²) in [5, 5.41) is 30.0. The summed E-state index contributed by atoms with van der Waals surface area (Å²) in [5.41, 5.74) is -4.02. The smallest absolute Gasteiger partial charge is 0.393 e. The monoisotopic (exact) mass is 508 g/mol. The summed E-state index contributed by atoms with van der Waals surface area (Å²) in [6.45, 7) is 2.84. The maximum absolute atomic E-state index is 13.7. The van der Waals surface area contributed by atoms with Gasteiger partial charge in [0.05, 0.1) is 12.2 Å². The first-order valence-corrected chi connectivity index (χ1v) is 12.4. The molecule has 3 saturated carbocycles. The zero-order valence-electron chi connectivity index (χ0n) is 20.0. The third kappa shape index (κ3) is 4.29. The number of aliphatic hydroxyl groups excluding tert-OH is 2. The first kappa shape index (κ1) is 26.7. The molecule has 9 heteroatoms. The van der Waals surface area contributed by atoms with Gasteiger partial charge in [0.15, 0.2) is 0 Å². The maximum atomic E-state index is 13.7. The number of halogens is 6. The Balaban J connectivity index is 1.63. The van der Waals surface area contributed by atoms with E-state index in [0.717, 1.165) is 30.9 Å². The number of hydrogen-bond donors (Lipinski definition) is 3. The van der Waals surface area contributed by atoms with Gasteiger partial charge in [0.1, 0.15) is 0 Å². The molecule has 0 spiro atoms. The lowest BCUT2D eigenvalue weighted by Crippen LogP contribution is -2.63. The normalized spacial score (nSPS) is 35.5. The number of alkyl halides is 6. The van der Waals surface area contributed by atoms with Crippen LogP contribution in [-0.2, 0) is 0 Å². The lowest BCUT2D eigenvalue weighted by atomic mass is 9.58. The van der Waals surface area contributed by atoms with E-state index in [2.05, 4.69) is 0 Å². The fraction of sp³-hybridized carbons (Fsp3) is 0.769. The number of fused-ring (bicyclic) bond motifs is 1. The highest BCUT2D eigenvalue weighted by Crippen LogP contribution is 2.71. The highest BCUT2D eigenvalue weighted by molar-refractivity contribution is 5.41. The molecule has 0 saturated heterocycles. The van der Waals surface area contributed by atoms with E-state index in [4.69, 9.17) is 0 Å². The van der Waals surface area contributed by atoms with Crippen LogP contribution in [0.5, 0.6) is 0 Å². The van der Waals surface area contributed by atoms with Crippen LogP contribution in [-0.4, -0.2) is 45.5 Å². The molecule has 0 aromatic rings. The molecule has 5 atom stereocenters. The molecule has 3 nitrogen and oxygen atoms in total. The predicted octanol–water partition coefficient (Wildman–Crippen LogP) is 6.15. The third-order valence-electron chi connectivity index (χ3n) is 9.27. The van der Waals surface area contributed by atoms with Crippen molar-refractivity contribution in [1.29, 1.82) is 0 Å². The molecule has 1 unspecified atom stereocenters. The van der Waals surface area contributed by atoms with E-state index in [1.807, 2.05) is 25.2 Å². The van der Waals surface area contributed by atoms with E-state index in [0.29, 0.717) is 37.7 Å². The van der Waals surface area contributed by atoms with Crippen molar-refractivity contribution in [2.45, 2.75) is 102 Å². The first-order valence-electron chi connectivity index (χ1n) is 12.4. The van der Waals surface area contributed by atoms with Crippen molar-refractivity contribution < 1.29 is 41.7 Å². The number of hydrogen-bond acceptors (Lipinski definition) is 3. The van der Waals surface area contributed by atoms with Crippen molar-refractivity contribution in [3.8, 4) is 0 Å². The van der Waals surface area contributed by atoms with Gasteiger partial charge in [-0.05, 0) is 74.5 Å². The van der Waals surface area contributed by atoms with Crippen LogP contribution in [0.1, 0.15) is 71.6 Å². The van der Waals surface area contributed by atoms with E-state index < -0.39 is 46.9 Å². The molecule has 4 rings (SSSR count). The molecule has 0 heterocycles. The van der Waals surface area contributed by atoms with Crippen LogP contribution < -0.4 is 0 Å². The molecule has 0 aromatic carbocycles. The molecule has 0 aliphatic heterocycles.